The van der Waals surface area contributed by atoms with Crippen molar-refractivity contribution in [3.8, 4) is 16.9 Å². The molecule has 1 aliphatic rings. The number of carbonyl (C=O) groups excluding carboxylic acids is 1. The number of nitrogens with one attached hydrogen (secondary N) is 1. The van der Waals surface area contributed by atoms with Crippen molar-refractivity contribution >= 4 is 33.8 Å². The highest BCUT2D eigenvalue weighted by Crippen LogP contribution is 2.37. The molecule has 0 saturated carbocycles. The number of ether oxygens (including phenoxy) is 2. The largest absolute Gasteiger partial charge is 0.493 e. The Morgan fingerprint density at radius 2 is 1.78 bits per heavy atom. The number of hydrogen-bond donors (Lipinski definition) is 1. The van der Waals surface area contributed by atoms with Crippen LogP contribution in [0.1, 0.15) is 25.0 Å². The lowest BCUT2D eigenvalue weighted by atomic mass is 9.98. The Morgan fingerprint density at radius 1 is 1.05 bits per heavy atom. The quantitative estimate of drug-likeness (QED) is 0.289. The fourth-order valence-electron chi connectivity index (χ4n) is 4.62. The molecule has 1 N–H and O–H groups in total. The zero-order chi connectivity index (χ0) is 25.8. The number of allylic oxidation sites excluding steroid dienone is 1. The number of nitrogens with zero attached hydrogens (tertiary/aromatic N) is 1. The zero-order valence-corrected chi connectivity index (χ0v) is 21.5. The molecule has 1 saturated heterocycles. The molecule has 6 nitrogen and oxygen atoms in total. The van der Waals surface area contributed by atoms with Crippen molar-refractivity contribution < 1.29 is 18.7 Å². The van der Waals surface area contributed by atoms with Gasteiger partial charge in [0.2, 0.25) is 5.91 Å². The van der Waals surface area contributed by atoms with Crippen LogP contribution in [0, 0.1) is 6.92 Å². The maximum atomic E-state index is 12.9. The normalized spacial score (nSPS) is 14.1. The molecule has 2 heterocycles. The molecule has 3 aromatic carbocycles. The highest BCUT2D eigenvalue weighted by Gasteiger charge is 2.16. The predicted octanol–water partition coefficient (Wildman–Crippen LogP) is 6.69. The number of carbonyl (C=O) groups is 1. The number of morpholine rings is 1. The molecule has 5 rings (SSSR count). The second-order valence-corrected chi connectivity index (χ2v) is 9.26. The van der Waals surface area contributed by atoms with E-state index in [0.29, 0.717) is 12.4 Å². The monoisotopic (exact) mass is 496 g/mol. The minimum absolute atomic E-state index is 0.190. The van der Waals surface area contributed by atoms with Gasteiger partial charge in [0, 0.05) is 53.1 Å². The van der Waals surface area contributed by atoms with E-state index >= 15 is 0 Å². The van der Waals surface area contributed by atoms with Crippen LogP contribution in [0.2, 0.25) is 0 Å². The highest BCUT2D eigenvalue weighted by molar-refractivity contribution is 6.05. The molecule has 1 fully saturated rings. The summed E-state index contributed by atoms with van der Waals surface area (Å²) in [7, 11) is 0. The predicted molar refractivity (Wildman–Crippen MR) is 149 cm³/mol. The maximum Gasteiger partial charge on any atom is 0.248 e. The number of benzene rings is 3. The third-order valence-electron chi connectivity index (χ3n) is 6.62. The summed E-state index contributed by atoms with van der Waals surface area (Å²) in [5.74, 6) is 0.501. The van der Waals surface area contributed by atoms with E-state index in [1.165, 1.54) is 5.56 Å². The number of rotatable bonds is 7. The van der Waals surface area contributed by atoms with E-state index in [-0.39, 0.29) is 5.91 Å². The van der Waals surface area contributed by atoms with E-state index in [1.54, 1.807) is 12.3 Å². The number of anilines is 2. The molecule has 1 aromatic heterocycles. The van der Waals surface area contributed by atoms with Gasteiger partial charge in [-0.05, 0) is 62.2 Å². The average Bonchev–Trinajstić information content (AvgIpc) is 3.32. The topological polar surface area (TPSA) is 63.9 Å². The average molecular weight is 497 g/mol. The van der Waals surface area contributed by atoms with Crippen molar-refractivity contribution in [2.75, 3.05) is 43.1 Å². The van der Waals surface area contributed by atoms with Crippen LogP contribution in [-0.2, 0) is 9.53 Å². The smallest absolute Gasteiger partial charge is 0.248 e. The zero-order valence-electron chi connectivity index (χ0n) is 21.5. The fraction of sp³-hybridized carbons (Fsp3) is 0.258. The van der Waals surface area contributed by atoms with Crippen molar-refractivity contribution in [1.82, 2.24) is 0 Å². The SMILES string of the molecule is CCOc1cc2occ(-c3ccc(C)cc3)c2cc1/C(C)=C/C(=O)Nc1ccc(N2CCOCC2)cc1. The summed E-state index contributed by atoms with van der Waals surface area (Å²) in [5.41, 5.74) is 7.61. The van der Waals surface area contributed by atoms with Gasteiger partial charge in [-0.2, -0.15) is 0 Å². The molecule has 190 valence electrons. The van der Waals surface area contributed by atoms with Gasteiger partial charge in [-0.25, -0.2) is 0 Å². The molecule has 6 heteroatoms. The second-order valence-electron chi connectivity index (χ2n) is 9.26. The van der Waals surface area contributed by atoms with Gasteiger partial charge in [-0.15, -0.1) is 0 Å². The molecule has 0 aliphatic carbocycles. The second kappa shape index (κ2) is 10.9. The standard InChI is InChI=1S/C31H32N2O4/c1-4-36-29-19-30-27(28(20-37-30)23-7-5-21(2)6-8-23)18-26(29)22(3)17-31(34)32-24-9-11-25(12-10-24)33-13-15-35-16-14-33/h5-12,17-20H,4,13-16H2,1-3H3,(H,32,34)/b22-17+. The van der Waals surface area contributed by atoms with E-state index in [4.69, 9.17) is 13.9 Å². The van der Waals surface area contributed by atoms with Crippen LogP contribution in [0.4, 0.5) is 11.4 Å². The molecule has 1 amide bonds. The summed E-state index contributed by atoms with van der Waals surface area (Å²) in [6, 6.07) is 20.3. The molecule has 4 aromatic rings. The Morgan fingerprint density at radius 3 is 2.49 bits per heavy atom. The van der Waals surface area contributed by atoms with Gasteiger partial charge < -0.3 is 24.1 Å². The minimum atomic E-state index is -0.190. The first-order valence-corrected chi connectivity index (χ1v) is 12.7. The first-order chi connectivity index (χ1) is 18.0. The minimum Gasteiger partial charge on any atom is -0.493 e. The number of amides is 1. The maximum absolute atomic E-state index is 12.9. The number of fused-ring (bicyclic) bond motifs is 1. The summed E-state index contributed by atoms with van der Waals surface area (Å²) in [5, 5.41) is 3.96. The lowest BCUT2D eigenvalue weighted by molar-refractivity contribution is -0.111. The van der Waals surface area contributed by atoms with E-state index in [9.17, 15) is 4.79 Å². The molecule has 0 radical (unpaired) electrons. The molecule has 0 bridgehead atoms. The van der Waals surface area contributed by atoms with Crippen molar-refractivity contribution in [3.05, 3.63) is 84.1 Å². The third kappa shape index (κ3) is 5.54. The van der Waals surface area contributed by atoms with Crippen molar-refractivity contribution in [1.29, 1.82) is 0 Å². The Labute approximate surface area is 217 Å². The molecule has 0 atom stereocenters. The van der Waals surface area contributed by atoms with E-state index < -0.39 is 0 Å². The van der Waals surface area contributed by atoms with Gasteiger partial charge in [0.05, 0.1) is 26.1 Å². The van der Waals surface area contributed by atoms with Crippen LogP contribution in [0.25, 0.3) is 27.7 Å². The van der Waals surface area contributed by atoms with Gasteiger partial charge >= 0.3 is 0 Å². The number of aryl methyl sites for hydroxylation is 1. The highest BCUT2D eigenvalue weighted by atomic mass is 16.5. The van der Waals surface area contributed by atoms with Gasteiger partial charge in [-0.3, -0.25) is 4.79 Å². The van der Waals surface area contributed by atoms with Crippen LogP contribution in [0.3, 0.4) is 0 Å². The van der Waals surface area contributed by atoms with E-state index in [0.717, 1.165) is 70.9 Å². The molecular formula is C31H32N2O4. The van der Waals surface area contributed by atoms with Gasteiger partial charge in [0.1, 0.15) is 11.3 Å². The van der Waals surface area contributed by atoms with Crippen LogP contribution >= 0.6 is 0 Å². The number of furan rings is 1. The Hall–Kier alpha value is -4.03. The molecule has 0 unspecified atom stereocenters. The first kappa shape index (κ1) is 24.7. The van der Waals surface area contributed by atoms with E-state index in [2.05, 4.69) is 47.5 Å². The van der Waals surface area contributed by atoms with Crippen LogP contribution < -0.4 is 15.0 Å². The summed E-state index contributed by atoms with van der Waals surface area (Å²) in [6.07, 6.45) is 3.40. The lowest BCUT2D eigenvalue weighted by Crippen LogP contribution is -2.36. The summed E-state index contributed by atoms with van der Waals surface area (Å²) in [4.78, 5) is 15.2. The number of hydrogen-bond acceptors (Lipinski definition) is 5. The summed E-state index contributed by atoms with van der Waals surface area (Å²) >= 11 is 0. The summed E-state index contributed by atoms with van der Waals surface area (Å²) < 4.78 is 17.2. The van der Waals surface area contributed by atoms with Crippen LogP contribution in [-0.4, -0.2) is 38.8 Å². The molecule has 0 spiro atoms. The Bertz CT molecular complexity index is 1410. The Balaban J connectivity index is 1.39. The third-order valence-corrected chi connectivity index (χ3v) is 6.62. The Kier molecular flexibility index (Phi) is 7.28. The van der Waals surface area contributed by atoms with Crippen LogP contribution in [0.15, 0.2) is 77.4 Å². The van der Waals surface area contributed by atoms with Crippen molar-refractivity contribution in [3.63, 3.8) is 0 Å². The van der Waals surface area contributed by atoms with Gasteiger partial charge in [-0.1, -0.05) is 29.8 Å². The van der Waals surface area contributed by atoms with Crippen LogP contribution in [0.5, 0.6) is 5.75 Å². The summed E-state index contributed by atoms with van der Waals surface area (Å²) in [6.45, 7) is 9.69. The molecule has 1 aliphatic heterocycles. The fourth-order valence-corrected chi connectivity index (χ4v) is 4.62. The lowest BCUT2D eigenvalue weighted by Gasteiger charge is -2.28. The van der Waals surface area contributed by atoms with Crippen molar-refractivity contribution in [2.45, 2.75) is 20.8 Å². The first-order valence-electron chi connectivity index (χ1n) is 12.7. The molecular weight excluding hydrogens is 464 g/mol. The van der Waals surface area contributed by atoms with E-state index in [1.807, 2.05) is 44.2 Å². The van der Waals surface area contributed by atoms with Crippen molar-refractivity contribution in [2.24, 2.45) is 0 Å². The van der Waals surface area contributed by atoms with Gasteiger partial charge in [0.25, 0.3) is 0 Å². The molecule has 37 heavy (non-hydrogen) atoms. The van der Waals surface area contributed by atoms with Gasteiger partial charge in [0.15, 0.2) is 0 Å².